The van der Waals surface area contributed by atoms with Crippen LogP contribution in [0.4, 0.5) is 25.1 Å². The fourth-order valence-corrected chi connectivity index (χ4v) is 3.27. The number of benzene rings is 2. The zero-order valence-electron chi connectivity index (χ0n) is 15.7. The number of nitrogens with two attached hydrogens (primary N) is 1. The molecule has 0 saturated carbocycles. The highest BCUT2D eigenvalue weighted by molar-refractivity contribution is 6.30. The zero-order chi connectivity index (χ0) is 21.3. The van der Waals surface area contributed by atoms with Gasteiger partial charge in [0.05, 0.1) is 13.2 Å². The first-order chi connectivity index (χ1) is 14.4. The molecule has 3 aromatic rings. The molecule has 0 unspecified atom stereocenters. The molecule has 30 heavy (non-hydrogen) atoms. The summed E-state index contributed by atoms with van der Waals surface area (Å²) in [5, 5.41) is 7.64. The molecular formula is C20H18ClF2N5O2. The summed E-state index contributed by atoms with van der Waals surface area (Å²) in [7, 11) is 0. The van der Waals surface area contributed by atoms with Crippen LogP contribution in [0.25, 0.3) is 16.9 Å². The van der Waals surface area contributed by atoms with Gasteiger partial charge in [0.25, 0.3) is 0 Å². The Morgan fingerprint density at radius 3 is 2.53 bits per heavy atom. The van der Waals surface area contributed by atoms with Crippen molar-refractivity contribution in [1.29, 1.82) is 0 Å². The predicted octanol–water partition coefficient (Wildman–Crippen LogP) is 3.92. The third-order valence-corrected chi connectivity index (χ3v) is 4.96. The highest BCUT2D eigenvalue weighted by atomic mass is 35.5. The first-order valence-corrected chi connectivity index (χ1v) is 9.55. The summed E-state index contributed by atoms with van der Waals surface area (Å²) in [4.78, 5) is 14.3. The van der Waals surface area contributed by atoms with Crippen LogP contribution in [-0.2, 0) is 4.74 Å². The normalized spacial score (nSPS) is 14.0. The van der Waals surface area contributed by atoms with E-state index in [9.17, 15) is 13.6 Å². The molecule has 1 aliphatic rings. The number of nitrogens with one attached hydrogen (secondary N) is 1. The van der Waals surface area contributed by atoms with Gasteiger partial charge in [0, 0.05) is 29.7 Å². The maximum absolute atomic E-state index is 14.4. The Kier molecular flexibility index (Phi) is 5.56. The average Bonchev–Trinajstić information content (AvgIpc) is 3.07. The minimum Gasteiger partial charge on any atom is -0.382 e. The number of anilines is 2. The van der Waals surface area contributed by atoms with Crippen molar-refractivity contribution in [3.63, 3.8) is 0 Å². The number of hydrogen-bond donors (Lipinski definition) is 2. The number of nitrogens with zero attached hydrogens (tertiary/aromatic N) is 3. The minimum absolute atomic E-state index is 0.0361. The van der Waals surface area contributed by atoms with Crippen molar-refractivity contribution in [3.8, 4) is 16.9 Å². The van der Waals surface area contributed by atoms with Crippen molar-refractivity contribution in [2.45, 2.75) is 0 Å². The second kappa shape index (κ2) is 8.29. The summed E-state index contributed by atoms with van der Waals surface area (Å²) < 4.78 is 34.4. The molecule has 156 valence electrons. The molecule has 7 nitrogen and oxygen atoms in total. The smallest absolute Gasteiger partial charge is 0.322 e. The SMILES string of the molecule is Nc1c(NC(=O)N2CCOCC2)c(-c2ccc(Cl)cc2)nn1-c1cc(F)ccc1F. The number of carbonyl (C=O) groups excluding carboxylic acids is 1. The van der Waals surface area contributed by atoms with Gasteiger partial charge in [-0.1, -0.05) is 23.7 Å². The third kappa shape index (κ3) is 3.94. The Hall–Kier alpha value is -3.17. The largest absolute Gasteiger partial charge is 0.382 e. The van der Waals surface area contributed by atoms with Crippen molar-refractivity contribution < 1.29 is 18.3 Å². The molecule has 0 radical (unpaired) electrons. The Morgan fingerprint density at radius 2 is 1.83 bits per heavy atom. The molecule has 0 spiro atoms. The lowest BCUT2D eigenvalue weighted by Gasteiger charge is -2.27. The minimum atomic E-state index is -0.709. The van der Waals surface area contributed by atoms with Gasteiger partial charge in [0.1, 0.15) is 28.7 Å². The van der Waals surface area contributed by atoms with E-state index in [1.54, 1.807) is 29.2 Å². The summed E-state index contributed by atoms with van der Waals surface area (Å²) in [6.07, 6.45) is 0. The van der Waals surface area contributed by atoms with E-state index in [-0.39, 0.29) is 23.2 Å². The molecule has 0 bridgehead atoms. The molecule has 0 aliphatic carbocycles. The summed E-state index contributed by atoms with van der Waals surface area (Å²) in [5.41, 5.74) is 7.14. The lowest BCUT2D eigenvalue weighted by Crippen LogP contribution is -2.43. The number of nitrogen functional groups attached to an aromatic ring is 1. The molecule has 1 aliphatic heterocycles. The lowest BCUT2D eigenvalue weighted by molar-refractivity contribution is 0.0565. The van der Waals surface area contributed by atoms with E-state index in [1.165, 1.54) is 0 Å². The van der Waals surface area contributed by atoms with E-state index in [1.807, 2.05) is 0 Å². The fourth-order valence-electron chi connectivity index (χ4n) is 3.15. The summed E-state index contributed by atoms with van der Waals surface area (Å²) in [6, 6.07) is 9.28. The number of rotatable bonds is 3. The van der Waals surface area contributed by atoms with Crippen molar-refractivity contribution in [2.75, 3.05) is 37.4 Å². The van der Waals surface area contributed by atoms with Gasteiger partial charge in [-0.2, -0.15) is 5.10 Å². The summed E-state index contributed by atoms with van der Waals surface area (Å²) in [5.74, 6) is -1.39. The maximum atomic E-state index is 14.4. The van der Waals surface area contributed by atoms with Crippen molar-refractivity contribution in [2.24, 2.45) is 0 Å². The highest BCUT2D eigenvalue weighted by Crippen LogP contribution is 2.35. The Balaban J connectivity index is 1.80. The fraction of sp³-hybridized carbons (Fsp3) is 0.200. The second-order valence-corrected chi connectivity index (χ2v) is 7.09. The zero-order valence-corrected chi connectivity index (χ0v) is 16.5. The molecule has 2 heterocycles. The monoisotopic (exact) mass is 433 g/mol. The van der Waals surface area contributed by atoms with Crippen molar-refractivity contribution >= 4 is 29.1 Å². The number of amides is 2. The number of carbonyl (C=O) groups is 1. The third-order valence-electron chi connectivity index (χ3n) is 4.71. The Morgan fingerprint density at radius 1 is 1.13 bits per heavy atom. The number of hydrogen-bond acceptors (Lipinski definition) is 4. The Bertz CT molecular complexity index is 1080. The number of ether oxygens (including phenoxy) is 1. The predicted molar refractivity (Wildman–Crippen MR) is 110 cm³/mol. The first kappa shape index (κ1) is 20.1. The number of urea groups is 1. The average molecular weight is 434 g/mol. The quantitative estimate of drug-likeness (QED) is 0.655. The molecule has 0 atom stereocenters. The van der Waals surface area contributed by atoms with Crippen LogP contribution in [-0.4, -0.2) is 47.0 Å². The molecule has 3 N–H and O–H groups in total. The standard InChI is InChI=1S/C20H18ClF2N5O2/c21-13-3-1-12(2-4-13)17-18(25-20(29)27-7-9-30-10-8-27)19(24)28(26-17)16-11-14(22)5-6-15(16)23/h1-6,11H,7-10,24H2,(H,25,29). The molecule has 1 fully saturated rings. The topological polar surface area (TPSA) is 85.4 Å². The van der Waals surface area contributed by atoms with Gasteiger partial charge in [-0.15, -0.1) is 0 Å². The van der Waals surface area contributed by atoms with Crippen LogP contribution in [0.3, 0.4) is 0 Å². The van der Waals surface area contributed by atoms with Crippen LogP contribution in [0, 0.1) is 11.6 Å². The van der Waals surface area contributed by atoms with Crippen molar-refractivity contribution in [3.05, 3.63) is 59.1 Å². The van der Waals surface area contributed by atoms with Gasteiger partial charge in [-0.25, -0.2) is 18.3 Å². The van der Waals surface area contributed by atoms with Gasteiger partial charge in [-0.05, 0) is 24.3 Å². The molecule has 4 rings (SSSR count). The number of morpholine rings is 1. The molecule has 1 saturated heterocycles. The van der Waals surface area contributed by atoms with Crippen LogP contribution in [0.1, 0.15) is 0 Å². The molecule has 10 heteroatoms. The number of halogens is 3. The maximum Gasteiger partial charge on any atom is 0.322 e. The van der Waals surface area contributed by atoms with Crippen LogP contribution < -0.4 is 11.1 Å². The van der Waals surface area contributed by atoms with E-state index < -0.39 is 11.6 Å². The lowest BCUT2D eigenvalue weighted by atomic mass is 10.1. The van der Waals surface area contributed by atoms with Crippen LogP contribution >= 0.6 is 11.6 Å². The van der Waals surface area contributed by atoms with E-state index >= 15 is 0 Å². The second-order valence-electron chi connectivity index (χ2n) is 6.65. The van der Waals surface area contributed by atoms with Gasteiger partial charge in [0.2, 0.25) is 0 Å². The first-order valence-electron chi connectivity index (χ1n) is 9.17. The van der Waals surface area contributed by atoms with E-state index in [0.717, 1.165) is 22.9 Å². The summed E-state index contributed by atoms with van der Waals surface area (Å²) in [6.45, 7) is 1.71. The van der Waals surface area contributed by atoms with Crippen LogP contribution in [0.15, 0.2) is 42.5 Å². The van der Waals surface area contributed by atoms with E-state index in [0.29, 0.717) is 42.6 Å². The molecular weight excluding hydrogens is 416 g/mol. The molecule has 1 aromatic heterocycles. The van der Waals surface area contributed by atoms with Gasteiger partial charge in [-0.3, -0.25) is 0 Å². The van der Waals surface area contributed by atoms with Gasteiger partial charge >= 0.3 is 6.03 Å². The van der Waals surface area contributed by atoms with Crippen molar-refractivity contribution in [1.82, 2.24) is 14.7 Å². The highest BCUT2D eigenvalue weighted by Gasteiger charge is 2.24. The summed E-state index contributed by atoms with van der Waals surface area (Å²) >= 11 is 5.97. The van der Waals surface area contributed by atoms with E-state index in [2.05, 4.69) is 10.4 Å². The van der Waals surface area contributed by atoms with Gasteiger partial charge in [0.15, 0.2) is 5.82 Å². The number of aromatic nitrogens is 2. The van der Waals surface area contributed by atoms with Crippen LogP contribution in [0.2, 0.25) is 5.02 Å². The van der Waals surface area contributed by atoms with Gasteiger partial charge < -0.3 is 20.7 Å². The Labute approximate surface area is 176 Å². The molecule has 2 amide bonds. The molecule has 2 aromatic carbocycles. The van der Waals surface area contributed by atoms with E-state index in [4.69, 9.17) is 22.1 Å². The van der Waals surface area contributed by atoms with Crippen LogP contribution in [0.5, 0.6) is 0 Å².